The van der Waals surface area contributed by atoms with Gasteiger partial charge in [-0.2, -0.15) is 0 Å². The molecule has 2 aromatic rings. The first kappa shape index (κ1) is 24.7. The van der Waals surface area contributed by atoms with E-state index in [1.165, 1.54) is 0 Å². The minimum Gasteiger partial charge on any atom is -0.493 e. The first-order chi connectivity index (χ1) is 16.6. The number of benzene rings is 1. The van der Waals surface area contributed by atoms with Crippen LogP contribution in [0.15, 0.2) is 23.0 Å². The van der Waals surface area contributed by atoms with Crippen molar-refractivity contribution in [2.45, 2.75) is 25.5 Å². The van der Waals surface area contributed by atoms with Crippen molar-refractivity contribution in [2.75, 3.05) is 66.8 Å². The minimum atomic E-state index is -0.141. The van der Waals surface area contributed by atoms with Crippen molar-refractivity contribution >= 4 is 28.2 Å². The molecule has 0 aliphatic carbocycles. The van der Waals surface area contributed by atoms with E-state index in [1.807, 2.05) is 12.1 Å². The van der Waals surface area contributed by atoms with Gasteiger partial charge in [0.1, 0.15) is 0 Å². The molecule has 2 N–H and O–H groups in total. The predicted octanol–water partition coefficient (Wildman–Crippen LogP) is 1.73. The molecule has 4 rings (SSSR count). The van der Waals surface area contributed by atoms with Gasteiger partial charge in [0.25, 0.3) is 5.56 Å². The molecule has 10 heteroatoms. The number of methoxy groups -OCH3 is 2. The van der Waals surface area contributed by atoms with Crippen molar-refractivity contribution < 1.29 is 18.9 Å². The van der Waals surface area contributed by atoms with Crippen LogP contribution in [0.5, 0.6) is 11.5 Å². The first-order valence-corrected chi connectivity index (χ1v) is 12.2. The first-order valence-electron chi connectivity index (χ1n) is 11.8. The topological polar surface area (TPSA) is 88.3 Å². The third-order valence-corrected chi connectivity index (χ3v) is 6.77. The molecular formula is C24H34N4O5S. The number of nitrogens with zero attached hydrogens (tertiary/aromatic N) is 2. The van der Waals surface area contributed by atoms with Gasteiger partial charge in [0, 0.05) is 56.3 Å². The van der Waals surface area contributed by atoms with Crippen LogP contribution in [0.4, 0.5) is 0 Å². The Labute approximate surface area is 205 Å². The van der Waals surface area contributed by atoms with Crippen LogP contribution in [-0.2, 0) is 16.0 Å². The van der Waals surface area contributed by atoms with E-state index in [-0.39, 0.29) is 11.7 Å². The second kappa shape index (κ2) is 11.8. The molecule has 1 aromatic carbocycles. The molecule has 34 heavy (non-hydrogen) atoms. The summed E-state index contributed by atoms with van der Waals surface area (Å²) in [5.41, 5.74) is 1.20. The second-order valence-electron chi connectivity index (χ2n) is 8.61. The molecule has 2 fully saturated rings. The lowest BCUT2D eigenvalue weighted by atomic mass is 10.1. The highest BCUT2D eigenvalue weighted by atomic mass is 32.1. The number of fused-ring (bicyclic) bond motifs is 1. The van der Waals surface area contributed by atoms with Crippen LogP contribution in [0.2, 0.25) is 0 Å². The maximum Gasteiger partial charge on any atom is 0.253 e. The molecule has 9 nitrogen and oxygen atoms in total. The van der Waals surface area contributed by atoms with Crippen molar-refractivity contribution in [1.82, 2.24) is 20.1 Å². The third kappa shape index (κ3) is 6.18. The van der Waals surface area contributed by atoms with Gasteiger partial charge in [0.15, 0.2) is 16.6 Å². The Balaban J connectivity index is 1.52. The van der Waals surface area contributed by atoms with E-state index in [0.717, 1.165) is 57.7 Å². The summed E-state index contributed by atoms with van der Waals surface area (Å²) in [5.74, 6) is 1.19. The van der Waals surface area contributed by atoms with Gasteiger partial charge in [-0.25, -0.2) is 0 Å². The monoisotopic (exact) mass is 490 g/mol. The van der Waals surface area contributed by atoms with E-state index >= 15 is 0 Å². The maximum absolute atomic E-state index is 13.0. The standard InChI is InChI=1S/C24H34N4O5S/c1-30-21-13-17-12-18(23(29)26-20(17)14-22(21)31-2)16-28(6-5-27-7-10-32-11-8-27)24(34)25-15-19-4-3-9-33-19/h12-14,19H,3-11,15-16H2,1-2H3,(H,25,34)(H,26,29)/t19-/m1/s1. The zero-order chi connectivity index (χ0) is 23.9. The van der Waals surface area contributed by atoms with Crippen LogP contribution in [0.3, 0.4) is 0 Å². The lowest BCUT2D eigenvalue weighted by Gasteiger charge is -2.31. The summed E-state index contributed by atoms with van der Waals surface area (Å²) in [6, 6.07) is 5.56. The predicted molar refractivity (Wildman–Crippen MR) is 135 cm³/mol. The third-order valence-electron chi connectivity index (χ3n) is 6.37. The van der Waals surface area contributed by atoms with Gasteiger partial charge in [-0.05, 0) is 37.2 Å². The Bertz CT molecular complexity index is 1030. The van der Waals surface area contributed by atoms with Crippen LogP contribution in [-0.4, -0.2) is 92.8 Å². The van der Waals surface area contributed by atoms with Crippen molar-refractivity contribution in [1.29, 1.82) is 0 Å². The van der Waals surface area contributed by atoms with Crippen LogP contribution in [0.25, 0.3) is 10.9 Å². The minimum absolute atomic E-state index is 0.141. The molecule has 186 valence electrons. The van der Waals surface area contributed by atoms with E-state index in [0.29, 0.717) is 47.3 Å². The number of pyridine rings is 1. The van der Waals surface area contributed by atoms with Crippen LogP contribution in [0, 0.1) is 0 Å². The van der Waals surface area contributed by atoms with Gasteiger partial charge in [-0.3, -0.25) is 9.69 Å². The number of aromatic nitrogens is 1. The summed E-state index contributed by atoms with van der Waals surface area (Å²) in [4.78, 5) is 20.4. The van der Waals surface area contributed by atoms with E-state index in [1.54, 1.807) is 20.3 Å². The van der Waals surface area contributed by atoms with Crippen molar-refractivity contribution in [3.05, 3.63) is 34.1 Å². The van der Waals surface area contributed by atoms with E-state index in [9.17, 15) is 4.79 Å². The number of nitrogens with one attached hydrogen (secondary N) is 2. The van der Waals surface area contributed by atoms with Gasteiger partial charge in [0.05, 0.1) is 45.6 Å². The number of ether oxygens (including phenoxy) is 4. The average molecular weight is 491 g/mol. The summed E-state index contributed by atoms with van der Waals surface area (Å²) < 4.78 is 22.0. The lowest BCUT2D eigenvalue weighted by Crippen LogP contribution is -2.47. The zero-order valence-corrected chi connectivity index (χ0v) is 20.7. The molecule has 0 amide bonds. The molecule has 2 aliphatic rings. The molecule has 0 spiro atoms. The molecule has 3 heterocycles. The molecule has 1 aromatic heterocycles. The fourth-order valence-corrected chi connectivity index (χ4v) is 4.60. The van der Waals surface area contributed by atoms with Crippen molar-refractivity contribution in [3.63, 3.8) is 0 Å². The summed E-state index contributed by atoms with van der Waals surface area (Å²) in [5, 5.41) is 4.87. The van der Waals surface area contributed by atoms with Gasteiger partial charge in [-0.1, -0.05) is 0 Å². The van der Waals surface area contributed by atoms with Crippen LogP contribution >= 0.6 is 12.2 Å². The highest BCUT2D eigenvalue weighted by molar-refractivity contribution is 7.80. The van der Waals surface area contributed by atoms with E-state index in [4.69, 9.17) is 31.2 Å². The van der Waals surface area contributed by atoms with E-state index < -0.39 is 0 Å². The average Bonchev–Trinajstić information content (AvgIpc) is 3.39. The highest BCUT2D eigenvalue weighted by Gasteiger charge is 2.20. The van der Waals surface area contributed by atoms with Gasteiger partial charge in [0.2, 0.25) is 0 Å². The molecule has 0 bridgehead atoms. The fourth-order valence-electron chi connectivity index (χ4n) is 4.36. The molecular weight excluding hydrogens is 456 g/mol. The number of hydrogen-bond donors (Lipinski definition) is 2. The molecule has 0 radical (unpaired) electrons. The Morgan fingerprint density at radius 1 is 1.21 bits per heavy atom. The number of morpholine rings is 1. The Morgan fingerprint density at radius 3 is 2.68 bits per heavy atom. The van der Waals surface area contributed by atoms with Gasteiger partial charge in [-0.15, -0.1) is 0 Å². The number of rotatable bonds is 9. The molecule has 0 unspecified atom stereocenters. The lowest BCUT2D eigenvalue weighted by molar-refractivity contribution is 0.0356. The molecule has 0 saturated carbocycles. The largest absolute Gasteiger partial charge is 0.493 e. The highest BCUT2D eigenvalue weighted by Crippen LogP contribution is 2.31. The van der Waals surface area contributed by atoms with E-state index in [2.05, 4.69) is 20.1 Å². The Hall–Kier alpha value is -2.40. The smallest absolute Gasteiger partial charge is 0.253 e. The number of hydrogen-bond acceptors (Lipinski definition) is 7. The quantitative estimate of drug-likeness (QED) is 0.510. The number of H-pyrrole nitrogens is 1. The number of thiocarbonyl (C=S) groups is 1. The number of aromatic amines is 1. The van der Waals surface area contributed by atoms with Crippen LogP contribution < -0.4 is 20.3 Å². The molecule has 1 atom stereocenters. The van der Waals surface area contributed by atoms with Crippen molar-refractivity contribution in [2.24, 2.45) is 0 Å². The molecule has 2 saturated heterocycles. The Morgan fingerprint density at radius 2 is 1.97 bits per heavy atom. The van der Waals surface area contributed by atoms with Crippen LogP contribution in [0.1, 0.15) is 18.4 Å². The maximum atomic E-state index is 13.0. The summed E-state index contributed by atoms with van der Waals surface area (Å²) >= 11 is 5.75. The molecule has 2 aliphatic heterocycles. The van der Waals surface area contributed by atoms with Crippen molar-refractivity contribution in [3.8, 4) is 11.5 Å². The van der Waals surface area contributed by atoms with Gasteiger partial charge < -0.3 is 34.1 Å². The van der Waals surface area contributed by atoms with Gasteiger partial charge >= 0.3 is 0 Å². The Kier molecular flexibility index (Phi) is 8.60. The second-order valence-corrected chi connectivity index (χ2v) is 9.00. The summed E-state index contributed by atoms with van der Waals surface area (Å²) in [7, 11) is 3.18. The fraction of sp³-hybridized carbons (Fsp3) is 0.583. The summed E-state index contributed by atoms with van der Waals surface area (Å²) in [6.45, 7) is 6.75. The summed E-state index contributed by atoms with van der Waals surface area (Å²) in [6.07, 6.45) is 2.31. The zero-order valence-electron chi connectivity index (χ0n) is 19.9. The normalized spacial score (nSPS) is 18.7. The SMILES string of the molecule is COc1cc2cc(CN(CCN3CCOCC3)C(=S)NC[C@H]3CCCO3)c(=O)[nH]c2cc1OC.